The van der Waals surface area contributed by atoms with Gasteiger partial charge in [-0.05, 0) is 12.1 Å². The molecule has 1 rings (SSSR count). The van der Waals surface area contributed by atoms with E-state index >= 15 is 0 Å². The zero-order valence-electron chi connectivity index (χ0n) is 8.80. The molecule has 1 N–H and O–H groups in total. The van der Waals surface area contributed by atoms with E-state index in [1.165, 1.54) is 0 Å². The summed E-state index contributed by atoms with van der Waals surface area (Å²) in [5.41, 5.74) is 0.912. The van der Waals surface area contributed by atoms with Crippen LogP contribution in [0.4, 0.5) is 0 Å². The van der Waals surface area contributed by atoms with Crippen molar-refractivity contribution in [3.8, 4) is 6.07 Å². The third-order valence-corrected chi connectivity index (χ3v) is 2.23. The molecule has 0 spiro atoms. The number of carboxylic acid groups (broad SMARTS) is 1. The molecule has 0 aliphatic carbocycles. The molecular formula is C12H11NO3. The Morgan fingerprint density at radius 2 is 1.94 bits per heavy atom. The smallest absolute Gasteiger partial charge is 0.304 e. The number of Topliss-reactive ketones (excluding diaryl/α,β-unsaturated/α-hetero) is 1. The molecule has 0 amide bonds. The molecule has 16 heavy (non-hydrogen) atoms. The summed E-state index contributed by atoms with van der Waals surface area (Å²) in [6.07, 6.45) is -0.182. The number of aliphatic carboxylic acids is 1. The molecule has 1 aromatic rings. The van der Waals surface area contributed by atoms with Crippen LogP contribution >= 0.6 is 0 Å². The topological polar surface area (TPSA) is 78.2 Å². The third-order valence-electron chi connectivity index (χ3n) is 2.23. The van der Waals surface area contributed by atoms with E-state index in [1.807, 2.05) is 6.07 Å². The molecule has 0 heterocycles. The van der Waals surface area contributed by atoms with Crippen LogP contribution in [0.2, 0.25) is 0 Å². The fraction of sp³-hybridized carbons (Fsp3) is 0.250. The largest absolute Gasteiger partial charge is 0.481 e. The van der Waals surface area contributed by atoms with Crippen LogP contribution in [0, 0.1) is 17.2 Å². The molecule has 0 saturated carbocycles. The second-order valence-corrected chi connectivity index (χ2v) is 3.55. The highest BCUT2D eigenvalue weighted by molar-refractivity contribution is 5.99. The summed E-state index contributed by atoms with van der Waals surface area (Å²) in [5, 5.41) is 17.1. The summed E-state index contributed by atoms with van der Waals surface area (Å²) in [6.45, 7) is 1.58. The maximum Gasteiger partial charge on any atom is 0.304 e. The zero-order valence-corrected chi connectivity index (χ0v) is 8.80. The van der Waals surface area contributed by atoms with Gasteiger partial charge in [0.25, 0.3) is 0 Å². The summed E-state index contributed by atoms with van der Waals surface area (Å²) < 4.78 is 0. The van der Waals surface area contributed by atoms with E-state index in [2.05, 4.69) is 0 Å². The molecule has 0 fully saturated rings. The number of ketones is 1. The highest BCUT2D eigenvalue weighted by atomic mass is 16.4. The predicted octanol–water partition coefficient (Wildman–Crippen LogP) is 1.85. The summed E-state index contributed by atoms with van der Waals surface area (Å²) in [6, 6.07) is 8.12. The Bertz CT molecular complexity index is 442. The predicted molar refractivity (Wildman–Crippen MR) is 56.9 cm³/mol. The first kappa shape index (κ1) is 11.9. The van der Waals surface area contributed by atoms with Gasteiger partial charge < -0.3 is 5.11 Å². The lowest BCUT2D eigenvalue weighted by atomic mass is 9.96. The average Bonchev–Trinajstić information content (AvgIpc) is 2.27. The summed E-state index contributed by atoms with van der Waals surface area (Å²) >= 11 is 0. The Labute approximate surface area is 93.1 Å². The van der Waals surface area contributed by atoms with Crippen LogP contribution in [-0.2, 0) is 4.79 Å². The minimum Gasteiger partial charge on any atom is -0.481 e. The fourth-order valence-corrected chi connectivity index (χ4v) is 1.35. The Morgan fingerprint density at radius 3 is 2.38 bits per heavy atom. The number of hydrogen-bond donors (Lipinski definition) is 1. The zero-order chi connectivity index (χ0) is 12.1. The second kappa shape index (κ2) is 5.08. The van der Waals surface area contributed by atoms with Crippen molar-refractivity contribution in [3.05, 3.63) is 35.4 Å². The maximum absolute atomic E-state index is 11.7. The molecule has 1 aromatic carbocycles. The van der Waals surface area contributed by atoms with Gasteiger partial charge in [0.1, 0.15) is 0 Å². The molecule has 0 bridgehead atoms. The van der Waals surface area contributed by atoms with Gasteiger partial charge in [0.05, 0.1) is 18.1 Å². The molecular weight excluding hydrogens is 206 g/mol. The van der Waals surface area contributed by atoms with E-state index in [0.717, 1.165) is 0 Å². The number of carbonyl (C=O) groups excluding carboxylic acids is 1. The van der Waals surface area contributed by atoms with E-state index in [4.69, 9.17) is 10.4 Å². The molecule has 0 unspecified atom stereocenters. The van der Waals surface area contributed by atoms with Gasteiger partial charge in [-0.15, -0.1) is 0 Å². The Balaban J connectivity index is 2.80. The lowest BCUT2D eigenvalue weighted by molar-refractivity contribution is -0.137. The van der Waals surface area contributed by atoms with Crippen LogP contribution in [-0.4, -0.2) is 16.9 Å². The van der Waals surface area contributed by atoms with Gasteiger partial charge in [0.2, 0.25) is 0 Å². The van der Waals surface area contributed by atoms with E-state index < -0.39 is 11.9 Å². The minimum absolute atomic E-state index is 0.182. The van der Waals surface area contributed by atoms with Crippen LogP contribution in [0.25, 0.3) is 0 Å². The number of benzene rings is 1. The van der Waals surface area contributed by atoms with Gasteiger partial charge in [-0.3, -0.25) is 9.59 Å². The molecule has 4 heteroatoms. The van der Waals surface area contributed by atoms with Crippen molar-refractivity contribution in [3.63, 3.8) is 0 Å². The Morgan fingerprint density at radius 1 is 1.38 bits per heavy atom. The van der Waals surface area contributed by atoms with Gasteiger partial charge in [-0.2, -0.15) is 5.26 Å². The van der Waals surface area contributed by atoms with Crippen molar-refractivity contribution in [2.45, 2.75) is 13.3 Å². The van der Waals surface area contributed by atoms with Crippen LogP contribution in [0.15, 0.2) is 24.3 Å². The van der Waals surface area contributed by atoms with Gasteiger partial charge in [-0.1, -0.05) is 19.1 Å². The second-order valence-electron chi connectivity index (χ2n) is 3.55. The first-order valence-electron chi connectivity index (χ1n) is 4.80. The number of carbonyl (C=O) groups is 2. The first-order chi connectivity index (χ1) is 7.54. The number of hydrogen-bond acceptors (Lipinski definition) is 3. The van der Waals surface area contributed by atoms with Crippen molar-refractivity contribution >= 4 is 11.8 Å². The lowest BCUT2D eigenvalue weighted by Crippen LogP contribution is -2.15. The van der Waals surface area contributed by atoms with Crippen molar-refractivity contribution in [1.82, 2.24) is 0 Å². The van der Waals surface area contributed by atoms with Crippen molar-refractivity contribution in [2.75, 3.05) is 0 Å². The van der Waals surface area contributed by atoms with Crippen molar-refractivity contribution in [2.24, 2.45) is 5.92 Å². The van der Waals surface area contributed by atoms with Crippen LogP contribution < -0.4 is 0 Å². The quantitative estimate of drug-likeness (QED) is 0.780. The minimum atomic E-state index is -0.991. The number of carboxylic acids is 1. The highest BCUT2D eigenvalue weighted by Crippen LogP contribution is 2.13. The third kappa shape index (κ3) is 2.92. The molecule has 0 aliphatic heterocycles. The van der Waals surface area contributed by atoms with Gasteiger partial charge in [0.15, 0.2) is 5.78 Å². The fourth-order valence-electron chi connectivity index (χ4n) is 1.35. The molecule has 0 aromatic heterocycles. The van der Waals surface area contributed by atoms with E-state index in [0.29, 0.717) is 11.1 Å². The summed E-state index contributed by atoms with van der Waals surface area (Å²) in [4.78, 5) is 22.2. The highest BCUT2D eigenvalue weighted by Gasteiger charge is 2.17. The standard InChI is InChI=1S/C12H11NO3/c1-8(6-11(14)15)12(16)10-4-2-9(7-13)3-5-10/h2-5,8H,6H2,1H3,(H,14,15)/t8-/m0/s1. The Kier molecular flexibility index (Phi) is 3.78. The molecule has 82 valence electrons. The molecule has 0 radical (unpaired) electrons. The van der Waals surface area contributed by atoms with Gasteiger partial charge in [-0.25, -0.2) is 0 Å². The molecule has 1 atom stereocenters. The van der Waals surface area contributed by atoms with Crippen LogP contribution in [0.3, 0.4) is 0 Å². The summed E-state index contributed by atoms with van der Waals surface area (Å²) in [7, 11) is 0. The van der Waals surface area contributed by atoms with Crippen LogP contribution in [0.5, 0.6) is 0 Å². The molecule has 0 aliphatic rings. The van der Waals surface area contributed by atoms with E-state index in [1.54, 1.807) is 31.2 Å². The van der Waals surface area contributed by atoms with Gasteiger partial charge in [0, 0.05) is 11.5 Å². The number of nitriles is 1. The SMILES string of the molecule is C[C@@H](CC(=O)O)C(=O)c1ccc(C#N)cc1. The normalized spacial score (nSPS) is 11.5. The average molecular weight is 217 g/mol. The maximum atomic E-state index is 11.7. The Hall–Kier alpha value is -2.15. The number of rotatable bonds is 4. The van der Waals surface area contributed by atoms with E-state index in [9.17, 15) is 9.59 Å². The van der Waals surface area contributed by atoms with Crippen molar-refractivity contribution < 1.29 is 14.7 Å². The van der Waals surface area contributed by atoms with Gasteiger partial charge >= 0.3 is 5.97 Å². The first-order valence-corrected chi connectivity index (χ1v) is 4.80. The van der Waals surface area contributed by atoms with Crippen molar-refractivity contribution in [1.29, 1.82) is 5.26 Å². The van der Waals surface area contributed by atoms with E-state index in [-0.39, 0.29) is 12.2 Å². The van der Waals surface area contributed by atoms with Crippen LogP contribution in [0.1, 0.15) is 29.3 Å². The lowest BCUT2D eigenvalue weighted by Gasteiger charge is -2.07. The molecule has 4 nitrogen and oxygen atoms in total. The summed E-state index contributed by atoms with van der Waals surface area (Å²) in [5.74, 6) is -1.76. The number of nitrogens with zero attached hydrogens (tertiary/aromatic N) is 1. The molecule has 0 saturated heterocycles. The monoisotopic (exact) mass is 217 g/mol.